The lowest BCUT2D eigenvalue weighted by Gasteiger charge is -2.32. The van der Waals surface area contributed by atoms with Crippen molar-refractivity contribution in [1.29, 1.82) is 0 Å². The number of morpholine rings is 1. The van der Waals surface area contributed by atoms with Gasteiger partial charge in [0.2, 0.25) is 0 Å². The second-order valence-corrected chi connectivity index (χ2v) is 5.46. The smallest absolute Gasteiger partial charge is 0.146 e. The van der Waals surface area contributed by atoms with Crippen molar-refractivity contribution in [2.45, 2.75) is 19.6 Å². The number of aromatic nitrogens is 3. The molecule has 5 nitrogen and oxygen atoms in total. The molecule has 1 saturated heterocycles. The Hall–Kier alpha value is -1.79. The van der Waals surface area contributed by atoms with E-state index in [-0.39, 0.29) is 11.9 Å². The summed E-state index contributed by atoms with van der Waals surface area (Å²) in [7, 11) is 1.94. The minimum absolute atomic E-state index is 0.0220. The van der Waals surface area contributed by atoms with Gasteiger partial charge in [-0.1, -0.05) is 12.1 Å². The van der Waals surface area contributed by atoms with E-state index in [9.17, 15) is 4.39 Å². The predicted molar refractivity (Wildman–Crippen MR) is 76.1 cm³/mol. The van der Waals surface area contributed by atoms with Gasteiger partial charge in [0.15, 0.2) is 0 Å². The van der Waals surface area contributed by atoms with E-state index in [0.29, 0.717) is 12.2 Å². The molecule has 6 heteroatoms. The highest BCUT2D eigenvalue weighted by molar-refractivity contribution is 5.26. The molecule has 1 fully saturated rings. The second-order valence-electron chi connectivity index (χ2n) is 5.46. The first kappa shape index (κ1) is 14.2. The molecular weight excluding hydrogens is 271 g/mol. The van der Waals surface area contributed by atoms with E-state index in [1.165, 1.54) is 6.07 Å². The maximum Gasteiger partial charge on any atom is 0.146 e. The number of hydrogen-bond donors (Lipinski definition) is 0. The van der Waals surface area contributed by atoms with Crippen molar-refractivity contribution < 1.29 is 9.13 Å². The van der Waals surface area contributed by atoms with Gasteiger partial charge in [0, 0.05) is 20.1 Å². The van der Waals surface area contributed by atoms with Crippen LogP contribution in [0.2, 0.25) is 0 Å². The lowest BCUT2D eigenvalue weighted by Crippen LogP contribution is -2.38. The van der Waals surface area contributed by atoms with E-state index in [2.05, 4.69) is 15.1 Å². The van der Waals surface area contributed by atoms with Crippen molar-refractivity contribution in [2.24, 2.45) is 7.05 Å². The van der Waals surface area contributed by atoms with Crippen LogP contribution in [0.25, 0.3) is 0 Å². The molecule has 1 aliphatic heterocycles. The molecule has 0 unspecified atom stereocenters. The summed E-state index contributed by atoms with van der Waals surface area (Å²) in [4.78, 5) is 2.29. The molecule has 0 amide bonds. The average Bonchev–Trinajstić information content (AvgIpc) is 2.88. The Morgan fingerprint density at radius 3 is 3.00 bits per heavy atom. The summed E-state index contributed by atoms with van der Waals surface area (Å²) in [6, 6.07) is 5.18. The SMILES string of the molecule is Cc1cc([C@H]2CN(Cc3nncn3C)CCO2)ccc1F. The largest absolute Gasteiger partial charge is 0.371 e. The van der Waals surface area contributed by atoms with Gasteiger partial charge in [-0.25, -0.2) is 4.39 Å². The van der Waals surface area contributed by atoms with Crippen LogP contribution in [0, 0.1) is 12.7 Å². The van der Waals surface area contributed by atoms with Crippen LogP contribution < -0.4 is 0 Å². The Labute approximate surface area is 123 Å². The molecule has 0 N–H and O–H groups in total. The third-order valence-electron chi connectivity index (χ3n) is 3.87. The summed E-state index contributed by atoms with van der Waals surface area (Å²) in [5, 5.41) is 8.01. The van der Waals surface area contributed by atoms with Crippen molar-refractivity contribution in [3.63, 3.8) is 0 Å². The van der Waals surface area contributed by atoms with Crippen LogP contribution in [-0.4, -0.2) is 39.4 Å². The molecule has 3 rings (SSSR count). The van der Waals surface area contributed by atoms with Crippen molar-refractivity contribution in [3.05, 3.63) is 47.3 Å². The lowest BCUT2D eigenvalue weighted by molar-refractivity contribution is -0.0339. The van der Waals surface area contributed by atoms with Gasteiger partial charge >= 0.3 is 0 Å². The molecule has 1 aromatic heterocycles. The van der Waals surface area contributed by atoms with Gasteiger partial charge in [0.25, 0.3) is 0 Å². The van der Waals surface area contributed by atoms with E-state index in [1.807, 2.05) is 17.7 Å². The number of ether oxygens (including phenoxy) is 1. The molecule has 21 heavy (non-hydrogen) atoms. The molecule has 2 aromatic rings. The molecule has 0 saturated carbocycles. The van der Waals surface area contributed by atoms with E-state index in [1.54, 1.807) is 19.3 Å². The molecule has 0 bridgehead atoms. The third kappa shape index (κ3) is 3.11. The van der Waals surface area contributed by atoms with E-state index >= 15 is 0 Å². The second kappa shape index (κ2) is 5.91. The average molecular weight is 290 g/mol. The summed E-state index contributed by atoms with van der Waals surface area (Å²) in [6.07, 6.45) is 1.68. The van der Waals surface area contributed by atoms with Crippen LogP contribution in [0.3, 0.4) is 0 Å². The summed E-state index contributed by atoms with van der Waals surface area (Å²) < 4.78 is 21.1. The zero-order chi connectivity index (χ0) is 14.8. The van der Waals surface area contributed by atoms with Gasteiger partial charge in [0.05, 0.1) is 19.3 Å². The van der Waals surface area contributed by atoms with Gasteiger partial charge in [0.1, 0.15) is 18.0 Å². The zero-order valence-corrected chi connectivity index (χ0v) is 12.3. The van der Waals surface area contributed by atoms with Gasteiger partial charge < -0.3 is 9.30 Å². The Morgan fingerprint density at radius 1 is 1.43 bits per heavy atom. The number of nitrogens with zero attached hydrogens (tertiary/aromatic N) is 4. The Bertz CT molecular complexity index is 628. The number of hydrogen-bond acceptors (Lipinski definition) is 4. The van der Waals surface area contributed by atoms with Crippen molar-refractivity contribution in [3.8, 4) is 0 Å². The van der Waals surface area contributed by atoms with E-state index in [4.69, 9.17) is 4.74 Å². The monoisotopic (exact) mass is 290 g/mol. The summed E-state index contributed by atoms with van der Waals surface area (Å²) >= 11 is 0. The van der Waals surface area contributed by atoms with Crippen LogP contribution in [0.15, 0.2) is 24.5 Å². The van der Waals surface area contributed by atoms with Crippen LogP contribution in [0.4, 0.5) is 4.39 Å². The highest BCUT2D eigenvalue weighted by Gasteiger charge is 2.23. The quantitative estimate of drug-likeness (QED) is 0.865. The summed E-state index contributed by atoms with van der Waals surface area (Å²) in [5.41, 5.74) is 1.68. The minimum atomic E-state index is -0.175. The zero-order valence-electron chi connectivity index (χ0n) is 12.3. The lowest BCUT2D eigenvalue weighted by atomic mass is 10.0. The molecule has 0 radical (unpaired) electrons. The topological polar surface area (TPSA) is 43.2 Å². The van der Waals surface area contributed by atoms with Crippen molar-refractivity contribution in [1.82, 2.24) is 19.7 Å². The molecule has 1 atom stereocenters. The molecule has 1 aliphatic rings. The minimum Gasteiger partial charge on any atom is -0.371 e. The fraction of sp³-hybridized carbons (Fsp3) is 0.467. The highest BCUT2D eigenvalue weighted by atomic mass is 19.1. The Balaban J connectivity index is 1.70. The molecule has 112 valence electrons. The van der Waals surface area contributed by atoms with Crippen molar-refractivity contribution >= 4 is 0 Å². The van der Waals surface area contributed by atoms with Gasteiger partial charge in [-0.15, -0.1) is 10.2 Å². The number of halogens is 1. The van der Waals surface area contributed by atoms with Gasteiger partial charge in [-0.05, 0) is 24.1 Å². The maximum absolute atomic E-state index is 13.4. The normalized spacial score (nSPS) is 19.9. The predicted octanol–water partition coefficient (Wildman–Crippen LogP) is 1.84. The first-order valence-electron chi connectivity index (χ1n) is 7.06. The Morgan fingerprint density at radius 2 is 2.29 bits per heavy atom. The molecule has 1 aromatic carbocycles. The standard InChI is InChI=1S/C15H19FN4O/c1-11-7-12(3-4-13(11)16)14-8-20(5-6-21-14)9-15-18-17-10-19(15)2/h3-4,7,10,14H,5-6,8-9H2,1-2H3/t14-/m1/s1. The summed E-state index contributed by atoms with van der Waals surface area (Å²) in [6.45, 7) is 4.83. The van der Waals surface area contributed by atoms with Crippen LogP contribution in [-0.2, 0) is 18.3 Å². The van der Waals surface area contributed by atoms with Crippen LogP contribution >= 0.6 is 0 Å². The summed E-state index contributed by atoms with van der Waals surface area (Å²) in [5.74, 6) is 0.761. The highest BCUT2D eigenvalue weighted by Crippen LogP contribution is 2.24. The fourth-order valence-electron chi connectivity index (χ4n) is 2.57. The third-order valence-corrected chi connectivity index (χ3v) is 3.87. The van der Waals surface area contributed by atoms with Gasteiger partial charge in [-0.3, -0.25) is 4.90 Å². The van der Waals surface area contributed by atoms with E-state index in [0.717, 1.165) is 31.0 Å². The van der Waals surface area contributed by atoms with Crippen LogP contribution in [0.5, 0.6) is 0 Å². The van der Waals surface area contributed by atoms with Crippen molar-refractivity contribution in [2.75, 3.05) is 19.7 Å². The fourth-order valence-corrected chi connectivity index (χ4v) is 2.57. The molecule has 0 aliphatic carbocycles. The number of benzene rings is 1. The number of aryl methyl sites for hydroxylation is 2. The first-order chi connectivity index (χ1) is 10.1. The molecule has 2 heterocycles. The Kier molecular flexibility index (Phi) is 3.98. The molecular formula is C15H19FN4O. The first-order valence-corrected chi connectivity index (χ1v) is 7.06. The number of rotatable bonds is 3. The van der Waals surface area contributed by atoms with E-state index < -0.39 is 0 Å². The maximum atomic E-state index is 13.4. The van der Waals surface area contributed by atoms with Gasteiger partial charge in [-0.2, -0.15) is 0 Å². The molecule has 0 spiro atoms. The van der Waals surface area contributed by atoms with Crippen LogP contribution in [0.1, 0.15) is 23.1 Å².